The molecule has 0 radical (unpaired) electrons. The minimum Gasteiger partial charge on any atom is -0.220 e. The third kappa shape index (κ3) is 1.61. The average Bonchev–Trinajstić information content (AvgIpc) is 2.97. The first kappa shape index (κ1) is 9.23. The Morgan fingerprint density at radius 1 is 1.19 bits per heavy atom. The van der Waals surface area contributed by atoms with Crippen LogP contribution in [0.5, 0.6) is 0 Å². The largest absolute Gasteiger partial charge is 0.252 e. The van der Waals surface area contributed by atoms with Crippen molar-refractivity contribution in [3.63, 3.8) is 0 Å². The smallest absolute Gasteiger partial charge is 0.220 e. The van der Waals surface area contributed by atoms with E-state index in [2.05, 4.69) is 32.6 Å². The summed E-state index contributed by atoms with van der Waals surface area (Å²) < 4.78 is 1.71. The van der Waals surface area contributed by atoms with Gasteiger partial charge in [0.2, 0.25) is 0 Å². The van der Waals surface area contributed by atoms with E-state index < -0.39 is 0 Å². The van der Waals surface area contributed by atoms with E-state index in [9.17, 15) is 0 Å². The van der Waals surface area contributed by atoms with E-state index in [1.54, 1.807) is 22.0 Å². The molecule has 0 saturated carbocycles. The molecular formula is C11H8N4S. The topological polar surface area (TPSA) is 43.1 Å². The standard InChI is InChI=1S/C11H8N4S/c1-2-10(16-7-1)4-3-9-5-6-12-11-13-8-14-15(9)11/h1-8H. The maximum Gasteiger partial charge on any atom is 0.252 e. The van der Waals surface area contributed by atoms with Crippen molar-refractivity contribution in [2.24, 2.45) is 0 Å². The molecule has 0 bridgehead atoms. The lowest BCUT2D eigenvalue weighted by molar-refractivity contribution is 0.927. The highest BCUT2D eigenvalue weighted by molar-refractivity contribution is 7.10. The number of fused-ring (bicyclic) bond motifs is 1. The molecule has 0 aliphatic carbocycles. The van der Waals surface area contributed by atoms with Gasteiger partial charge in [0.05, 0.1) is 5.69 Å². The van der Waals surface area contributed by atoms with E-state index in [0.29, 0.717) is 5.78 Å². The molecule has 0 saturated heterocycles. The third-order valence-electron chi connectivity index (χ3n) is 2.17. The van der Waals surface area contributed by atoms with Crippen LogP contribution in [0.1, 0.15) is 10.6 Å². The molecule has 0 aromatic carbocycles. The van der Waals surface area contributed by atoms with Crippen molar-refractivity contribution < 1.29 is 0 Å². The van der Waals surface area contributed by atoms with Gasteiger partial charge in [-0.05, 0) is 29.7 Å². The van der Waals surface area contributed by atoms with Crippen molar-refractivity contribution in [3.05, 3.63) is 46.7 Å². The van der Waals surface area contributed by atoms with Crippen LogP contribution in [0.3, 0.4) is 0 Å². The van der Waals surface area contributed by atoms with Crippen LogP contribution in [0.15, 0.2) is 36.1 Å². The predicted octanol–water partition coefficient (Wildman–Crippen LogP) is 2.36. The summed E-state index contributed by atoms with van der Waals surface area (Å²) in [5.74, 6) is 0.619. The van der Waals surface area contributed by atoms with E-state index in [0.717, 1.165) is 5.69 Å². The highest BCUT2D eigenvalue weighted by Gasteiger charge is 1.99. The summed E-state index contributed by atoms with van der Waals surface area (Å²) in [6.45, 7) is 0. The number of hydrogen-bond acceptors (Lipinski definition) is 4. The fourth-order valence-electron chi connectivity index (χ4n) is 1.44. The van der Waals surface area contributed by atoms with Crippen molar-refractivity contribution in [2.45, 2.75) is 0 Å². The van der Waals surface area contributed by atoms with Gasteiger partial charge in [-0.3, -0.25) is 0 Å². The summed E-state index contributed by atoms with van der Waals surface area (Å²) in [7, 11) is 0. The van der Waals surface area contributed by atoms with Crippen molar-refractivity contribution in [2.75, 3.05) is 0 Å². The Morgan fingerprint density at radius 2 is 2.19 bits per heavy atom. The number of nitrogens with zero attached hydrogens (tertiary/aromatic N) is 4. The SMILES string of the molecule is C(=Cc1ccnc2ncnn12)c1cccs1. The Morgan fingerprint density at radius 3 is 3.06 bits per heavy atom. The fraction of sp³-hybridized carbons (Fsp3) is 0. The first-order valence-electron chi connectivity index (χ1n) is 4.80. The number of rotatable bonds is 2. The van der Waals surface area contributed by atoms with E-state index in [4.69, 9.17) is 0 Å². The molecule has 0 amide bonds. The molecule has 3 heterocycles. The molecule has 3 rings (SSSR count). The van der Waals surface area contributed by atoms with Gasteiger partial charge >= 0.3 is 0 Å². The molecule has 0 fully saturated rings. The minimum atomic E-state index is 0.619. The molecule has 3 aromatic rings. The molecule has 16 heavy (non-hydrogen) atoms. The molecule has 0 atom stereocenters. The molecule has 78 valence electrons. The highest BCUT2D eigenvalue weighted by atomic mass is 32.1. The highest BCUT2D eigenvalue weighted by Crippen LogP contribution is 2.13. The average molecular weight is 228 g/mol. The number of thiophene rings is 1. The van der Waals surface area contributed by atoms with Gasteiger partial charge < -0.3 is 0 Å². The Hall–Kier alpha value is -2.01. The summed E-state index contributed by atoms with van der Waals surface area (Å²) in [6.07, 6.45) is 7.30. The van der Waals surface area contributed by atoms with Crippen LogP contribution < -0.4 is 0 Å². The molecule has 0 spiro atoms. The second-order valence-corrected chi connectivity index (χ2v) is 4.17. The van der Waals surface area contributed by atoms with Crippen LogP contribution in [0.4, 0.5) is 0 Å². The Kier molecular flexibility index (Phi) is 2.23. The molecule has 5 heteroatoms. The quantitative estimate of drug-likeness (QED) is 0.676. The maximum atomic E-state index is 4.11. The summed E-state index contributed by atoms with van der Waals surface area (Å²) >= 11 is 1.70. The lowest BCUT2D eigenvalue weighted by atomic mass is 10.3. The predicted molar refractivity (Wildman–Crippen MR) is 64.0 cm³/mol. The molecule has 0 aliphatic heterocycles. The van der Waals surface area contributed by atoms with Crippen molar-refractivity contribution in [1.29, 1.82) is 0 Å². The number of aromatic nitrogens is 4. The van der Waals surface area contributed by atoms with Crippen LogP contribution in [-0.2, 0) is 0 Å². The molecule has 3 aromatic heterocycles. The summed E-state index contributed by atoms with van der Waals surface area (Å²) in [4.78, 5) is 9.35. The number of hydrogen-bond donors (Lipinski definition) is 0. The first-order valence-corrected chi connectivity index (χ1v) is 5.68. The maximum absolute atomic E-state index is 4.11. The fourth-order valence-corrected chi connectivity index (χ4v) is 2.05. The van der Waals surface area contributed by atoms with Gasteiger partial charge in [-0.25, -0.2) is 4.98 Å². The van der Waals surface area contributed by atoms with Gasteiger partial charge in [-0.15, -0.1) is 11.3 Å². The van der Waals surface area contributed by atoms with E-state index in [-0.39, 0.29) is 0 Å². The zero-order valence-corrected chi connectivity index (χ0v) is 9.13. The molecule has 0 N–H and O–H groups in total. The van der Waals surface area contributed by atoms with Gasteiger partial charge in [-0.1, -0.05) is 6.07 Å². The zero-order valence-electron chi connectivity index (χ0n) is 8.32. The molecular weight excluding hydrogens is 220 g/mol. The van der Waals surface area contributed by atoms with Crippen LogP contribution in [0, 0.1) is 0 Å². The normalized spacial score (nSPS) is 11.5. The molecule has 0 unspecified atom stereocenters. The van der Waals surface area contributed by atoms with Gasteiger partial charge in [0.1, 0.15) is 6.33 Å². The van der Waals surface area contributed by atoms with Crippen molar-refractivity contribution in [3.8, 4) is 0 Å². The summed E-state index contributed by atoms with van der Waals surface area (Å²) in [6, 6.07) is 6.01. The van der Waals surface area contributed by atoms with Gasteiger partial charge in [-0.2, -0.15) is 14.6 Å². The van der Waals surface area contributed by atoms with Crippen molar-refractivity contribution in [1.82, 2.24) is 19.6 Å². The second-order valence-electron chi connectivity index (χ2n) is 3.19. The first-order chi connectivity index (χ1) is 7.93. The lowest BCUT2D eigenvalue weighted by Crippen LogP contribution is -1.94. The minimum absolute atomic E-state index is 0.619. The van der Waals surface area contributed by atoms with Gasteiger partial charge in [0.15, 0.2) is 0 Å². The third-order valence-corrected chi connectivity index (χ3v) is 3.01. The Balaban J connectivity index is 2.03. The summed E-state index contributed by atoms with van der Waals surface area (Å²) in [5, 5.41) is 6.17. The van der Waals surface area contributed by atoms with Crippen LogP contribution in [-0.4, -0.2) is 19.6 Å². The zero-order chi connectivity index (χ0) is 10.8. The van der Waals surface area contributed by atoms with E-state index in [1.165, 1.54) is 11.2 Å². The molecule has 4 nitrogen and oxygen atoms in total. The van der Waals surface area contributed by atoms with Gasteiger partial charge in [0, 0.05) is 11.1 Å². The summed E-state index contributed by atoms with van der Waals surface area (Å²) in [5.41, 5.74) is 0.968. The van der Waals surface area contributed by atoms with E-state index >= 15 is 0 Å². The monoisotopic (exact) mass is 228 g/mol. The van der Waals surface area contributed by atoms with Crippen LogP contribution in [0.2, 0.25) is 0 Å². The second kappa shape index (κ2) is 3.86. The van der Waals surface area contributed by atoms with E-state index in [1.807, 2.05) is 18.2 Å². The lowest BCUT2D eigenvalue weighted by Gasteiger charge is -1.95. The van der Waals surface area contributed by atoms with Gasteiger partial charge in [0.25, 0.3) is 5.78 Å². The Bertz CT molecular complexity index is 624. The van der Waals surface area contributed by atoms with Crippen LogP contribution in [0.25, 0.3) is 17.9 Å². The molecule has 0 aliphatic rings. The Labute approximate surface area is 95.9 Å². The van der Waals surface area contributed by atoms with Crippen LogP contribution >= 0.6 is 11.3 Å². The van der Waals surface area contributed by atoms with Crippen molar-refractivity contribution >= 4 is 29.3 Å².